The second kappa shape index (κ2) is 7.79. The molecule has 0 unspecified atom stereocenters. The number of amides is 2. The summed E-state index contributed by atoms with van der Waals surface area (Å²) in [4.78, 5) is 31.1. The fourth-order valence-electron chi connectivity index (χ4n) is 3.64. The number of hydrogen-bond acceptors (Lipinski definition) is 3. The number of hydrogen-bond donors (Lipinski definition) is 0. The van der Waals surface area contributed by atoms with Gasteiger partial charge in [0.1, 0.15) is 0 Å². The zero-order valence-electron chi connectivity index (χ0n) is 14.5. The molecular formula is C19H27N3O2. The third-order valence-electron chi connectivity index (χ3n) is 5.09. The molecule has 0 aromatic heterocycles. The number of carbonyl (C=O) groups excluding carboxylic acids is 2. The minimum Gasteiger partial charge on any atom is -0.333 e. The van der Waals surface area contributed by atoms with Crippen LogP contribution in [-0.4, -0.2) is 66.3 Å². The lowest BCUT2D eigenvalue weighted by atomic mass is 10.0. The summed E-state index contributed by atoms with van der Waals surface area (Å²) in [5, 5.41) is 0. The number of nitrogens with zero attached hydrogens (tertiary/aromatic N) is 3. The second-order valence-electron chi connectivity index (χ2n) is 6.90. The van der Waals surface area contributed by atoms with Crippen molar-refractivity contribution >= 4 is 11.8 Å². The van der Waals surface area contributed by atoms with Crippen LogP contribution in [0.25, 0.3) is 0 Å². The van der Waals surface area contributed by atoms with Crippen molar-refractivity contribution in [2.45, 2.75) is 31.7 Å². The van der Waals surface area contributed by atoms with Gasteiger partial charge in [0, 0.05) is 32.6 Å². The van der Waals surface area contributed by atoms with E-state index in [4.69, 9.17) is 0 Å². The first-order valence-electron chi connectivity index (χ1n) is 8.96. The molecule has 5 nitrogen and oxygen atoms in total. The van der Waals surface area contributed by atoms with Crippen molar-refractivity contribution in [1.29, 1.82) is 0 Å². The second-order valence-corrected chi connectivity index (χ2v) is 6.90. The molecule has 0 bridgehead atoms. The molecule has 2 saturated heterocycles. The standard InChI is InChI=1S/C19H27N3O2/c1-20-12-13-22(17(14-20)16-8-4-2-5-9-16)19(24)15-21-11-7-3-6-10-18(21)23/h2,4-5,8-9,17H,3,6-7,10-15H2,1H3/t17-/m0/s1. The number of likely N-dealkylation sites (tertiary alicyclic amines) is 1. The Bertz CT molecular complexity index is 575. The molecule has 1 aromatic carbocycles. The third kappa shape index (κ3) is 3.96. The van der Waals surface area contributed by atoms with Crippen LogP contribution >= 0.6 is 0 Å². The van der Waals surface area contributed by atoms with E-state index in [1.165, 1.54) is 5.56 Å². The molecule has 1 aromatic rings. The Morgan fingerprint density at radius 1 is 1.08 bits per heavy atom. The van der Waals surface area contributed by atoms with E-state index in [-0.39, 0.29) is 24.4 Å². The van der Waals surface area contributed by atoms with E-state index in [9.17, 15) is 9.59 Å². The summed E-state index contributed by atoms with van der Waals surface area (Å²) in [6.07, 6.45) is 3.62. The molecule has 0 radical (unpaired) electrons. The van der Waals surface area contributed by atoms with Gasteiger partial charge in [-0.1, -0.05) is 36.8 Å². The van der Waals surface area contributed by atoms with Gasteiger partial charge in [-0.05, 0) is 25.5 Å². The maximum Gasteiger partial charge on any atom is 0.242 e. The molecule has 1 atom stereocenters. The predicted octanol–water partition coefficient (Wildman–Crippen LogP) is 1.90. The van der Waals surface area contributed by atoms with Gasteiger partial charge in [-0.2, -0.15) is 0 Å². The number of rotatable bonds is 3. The lowest BCUT2D eigenvalue weighted by molar-refractivity contribution is -0.143. The Labute approximate surface area is 144 Å². The van der Waals surface area contributed by atoms with Crippen LogP contribution in [-0.2, 0) is 9.59 Å². The highest BCUT2D eigenvalue weighted by atomic mass is 16.2. The molecule has 2 fully saturated rings. The molecular weight excluding hydrogens is 302 g/mol. The highest BCUT2D eigenvalue weighted by Gasteiger charge is 2.31. The van der Waals surface area contributed by atoms with Crippen molar-refractivity contribution in [3.05, 3.63) is 35.9 Å². The summed E-state index contributed by atoms with van der Waals surface area (Å²) in [6, 6.07) is 10.3. The van der Waals surface area contributed by atoms with Crippen molar-refractivity contribution in [2.24, 2.45) is 0 Å². The Morgan fingerprint density at radius 2 is 1.88 bits per heavy atom. The summed E-state index contributed by atoms with van der Waals surface area (Å²) in [7, 11) is 2.09. The lowest BCUT2D eigenvalue weighted by Crippen LogP contribution is -2.52. The summed E-state index contributed by atoms with van der Waals surface area (Å²) < 4.78 is 0. The Hall–Kier alpha value is -1.88. The van der Waals surface area contributed by atoms with Crippen LogP contribution in [0.4, 0.5) is 0 Å². The van der Waals surface area contributed by atoms with Gasteiger partial charge in [0.2, 0.25) is 11.8 Å². The van der Waals surface area contributed by atoms with Gasteiger partial charge in [-0.25, -0.2) is 0 Å². The SMILES string of the molecule is CN1CCN(C(=O)CN2CCCCCC2=O)[C@H](c2ccccc2)C1. The van der Waals surface area contributed by atoms with Crippen molar-refractivity contribution in [3.8, 4) is 0 Å². The molecule has 2 amide bonds. The Balaban J connectivity index is 1.72. The smallest absolute Gasteiger partial charge is 0.242 e. The maximum atomic E-state index is 12.9. The fraction of sp³-hybridized carbons (Fsp3) is 0.579. The maximum absolute atomic E-state index is 12.9. The molecule has 2 aliphatic heterocycles. The van der Waals surface area contributed by atoms with Crippen LogP contribution < -0.4 is 0 Å². The van der Waals surface area contributed by atoms with Crippen LogP contribution in [0.1, 0.15) is 37.3 Å². The first kappa shape index (κ1) is 17.0. The molecule has 0 spiro atoms. The Morgan fingerprint density at radius 3 is 2.67 bits per heavy atom. The fourth-order valence-corrected chi connectivity index (χ4v) is 3.64. The number of likely N-dealkylation sites (N-methyl/N-ethyl adjacent to an activating group) is 1. The zero-order valence-corrected chi connectivity index (χ0v) is 14.5. The van der Waals surface area contributed by atoms with Gasteiger partial charge in [0.05, 0.1) is 12.6 Å². The van der Waals surface area contributed by atoms with E-state index in [2.05, 4.69) is 24.1 Å². The van der Waals surface area contributed by atoms with Crippen molar-refractivity contribution < 1.29 is 9.59 Å². The Kier molecular flexibility index (Phi) is 5.51. The largest absolute Gasteiger partial charge is 0.333 e. The summed E-state index contributed by atoms with van der Waals surface area (Å²) in [6.45, 7) is 3.38. The highest BCUT2D eigenvalue weighted by molar-refractivity contribution is 5.85. The molecule has 24 heavy (non-hydrogen) atoms. The van der Waals surface area contributed by atoms with Crippen LogP contribution in [0.2, 0.25) is 0 Å². The van der Waals surface area contributed by atoms with E-state index in [0.717, 1.165) is 38.9 Å². The predicted molar refractivity (Wildman–Crippen MR) is 93.4 cm³/mol. The van der Waals surface area contributed by atoms with Crippen LogP contribution in [0.3, 0.4) is 0 Å². The minimum atomic E-state index is 0.0690. The van der Waals surface area contributed by atoms with Crippen molar-refractivity contribution in [1.82, 2.24) is 14.7 Å². The molecule has 2 heterocycles. The van der Waals surface area contributed by atoms with E-state index >= 15 is 0 Å². The first-order chi connectivity index (χ1) is 11.6. The average molecular weight is 329 g/mol. The minimum absolute atomic E-state index is 0.0690. The van der Waals surface area contributed by atoms with E-state index in [0.29, 0.717) is 13.0 Å². The monoisotopic (exact) mass is 329 g/mol. The van der Waals surface area contributed by atoms with Gasteiger partial charge in [0.25, 0.3) is 0 Å². The quantitative estimate of drug-likeness (QED) is 0.851. The molecule has 0 N–H and O–H groups in total. The summed E-state index contributed by atoms with van der Waals surface area (Å²) >= 11 is 0. The molecule has 0 saturated carbocycles. The van der Waals surface area contributed by atoms with Gasteiger partial charge >= 0.3 is 0 Å². The van der Waals surface area contributed by atoms with Gasteiger partial charge < -0.3 is 14.7 Å². The number of benzene rings is 1. The topological polar surface area (TPSA) is 43.9 Å². The normalized spacial score (nSPS) is 23.2. The first-order valence-corrected chi connectivity index (χ1v) is 8.96. The molecule has 2 aliphatic rings. The molecule has 3 rings (SSSR count). The van der Waals surface area contributed by atoms with Crippen LogP contribution in [0.15, 0.2) is 30.3 Å². The highest BCUT2D eigenvalue weighted by Crippen LogP contribution is 2.25. The van der Waals surface area contributed by atoms with Gasteiger partial charge in [-0.3, -0.25) is 9.59 Å². The average Bonchev–Trinajstić information content (AvgIpc) is 2.80. The van der Waals surface area contributed by atoms with Crippen molar-refractivity contribution in [2.75, 3.05) is 39.8 Å². The van der Waals surface area contributed by atoms with Gasteiger partial charge in [0.15, 0.2) is 0 Å². The number of carbonyl (C=O) groups is 2. The molecule has 130 valence electrons. The lowest BCUT2D eigenvalue weighted by Gasteiger charge is -2.41. The van der Waals surface area contributed by atoms with E-state index < -0.39 is 0 Å². The summed E-state index contributed by atoms with van der Waals surface area (Å²) in [5.74, 6) is 0.207. The number of piperazine rings is 1. The molecule has 0 aliphatic carbocycles. The van der Waals surface area contributed by atoms with E-state index in [1.54, 1.807) is 4.90 Å². The van der Waals surface area contributed by atoms with Crippen molar-refractivity contribution in [3.63, 3.8) is 0 Å². The van der Waals surface area contributed by atoms with Crippen LogP contribution in [0.5, 0.6) is 0 Å². The third-order valence-corrected chi connectivity index (χ3v) is 5.09. The zero-order chi connectivity index (χ0) is 16.9. The van der Waals surface area contributed by atoms with Crippen LogP contribution in [0, 0.1) is 0 Å². The van der Waals surface area contributed by atoms with Gasteiger partial charge in [-0.15, -0.1) is 0 Å². The molecule has 5 heteroatoms. The van der Waals surface area contributed by atoms with E-state index in [1.807, 2.05) is 23.1 Å². The summed E-state index contributed by atoms with van der Waals surface area (Å²) in [5.41, 5.74) is 1.17.